The summed E-state index contributed by atoms with van der Waals surface area (Å²) < 4.78 is 2.02. The molecule has 1 unspecified atom stereocenters. The van der Waals surface area contributed by atoms with Crippen LogP contribution in [0.5, 0.6) is 0 Å². The van der Waals surface area contributed by atoms with Crippen LogP contribution in [0.4, 0.5) is 0 Å². The Morgan fingerprint density at radius 2 is 2.33 bits per heavy atom. The molecule has 0 amide bonds. The summed E-state index contributed by atoms with van der Waals surface area (Å²) in [5.74, 6) is 1.79. The summed E-state index contributed by atoms with van der Waals surface area (Å²) in [5, 5.41) is 7.40. The summed E-state index contributed by atoms with van der Waals surface area (Å²) in [6, 6.07) is 0. The summed E-state index contributed by atoms with van der Waals surface area (Å²) in [5.41, 5.74) is 0. The van der Waals surface area contributed by atoms with Gasteiger partial charge in [-0.1, -0.05) is 13.8 Å². The highest BCUT2D eigenvalue weighted by atomic mass is 15.3. The van der Waals surface area contributed by atoms with E-state index in [-0.39, 0.29) is 0 Å². The Balaban J connectivity index is 2.44. The summed E-state index contributed by atoms with van der Waals surface area (Å²) in [6.07, 6.45) is 4.99. The molecule has 0 aromatic carbocycles. The number of aryl methyl sites for hydroxylation is 1. The number of nitrogens with zero attached hydrogens (tertiary/aromatic N) is 3. The highest BCUT2D eigenvalue weighted by molar-refractivity contribution is 4.86. The topological polar surface area (TPSA) is 42.7 Å². The molecule has 1 N–H and O–H groups in total. The Kier molecular flexibility index (Phi) is 5.32. The minimum Gasteiger partial charge on any atom is -0.320 e. The predicted octanol–water partition coefficient (Wildman–Crippen LogP) is 1.48. The molecule has 0 radical (unpaired) electrons. The zero-order chi connectivity index (χ0) is 11.1. The van der Waals surface area contributed by atoms with E-state index in [1.807, 2.05) is 11.7 Å². The highest BCUT2D eigenvalue weighted by Crippen LogP contribution is 2.09. The average molecular weight is 210 g/mol. The molecule has 15 heavy (non-hydrogen) atoms. The SMILES string of the molecule is CCCn1ncnc1CC(C)CCNC. The lowest BCUT2D eigenvalue weighted by Crippen LogP contribution is -2.15. The van der Waals surface area contributed by atoms with Crippen LogP contribution in [0.1, 0.15) is 32.5 Å². The van der Waals surface area contributed by atoms with Crippen LogP contribution in [-0.2, 0) is 13.0 Å². The van der Waals surface area contributed by atoms with Crippen LogP contribution in [-0.4, -0.2) is 28.4 Å². The van der Waals surface area contributed by atoms with E-state index >= 15 is 0 Å². The molecule has 0 spiro atoms. The fourth-order valence-corrected chi connectivity index (χ4v) is 1.65. The molecule has 1 rings (SSSR count). The van der Waals surface area contributed by atoms with Crippen molar-refractivity contribution in [3.8, 4) is 0 Å². The van der Waals surface area contributed by atoms with Crippen molar-refractivity contribution in [1.82, 2.24) is 20.1 Å². The van der Waals surface area contributed by atoms with E-state index in [4.69, 9.17) is 0 Å². The van der Waals surface area contributed by atoms with Crippen LogP contribution in [0.25, 0.3) is 0 Å². The molecular formula is C11H22N4. The van der Waals surface area contributed by atoms with Gasteiger partial charge in [-0.25, -0.2) is 4.98 Å². The maximum absolute atomic E-state index is 4.31. The summed E-state index contributed by atoms with van der Waals surface area (Å²) >= 11 is 0. The maximum Gasteiger partial charge on any atom is 0.138 e. The maximum atomic E-state index is 4.31. The zero-order valence-corrected chi connectivity index (χ0v) is 10.0. The number of hydrogen-bond acceptors (Lipinski definition) is 3. The Bertz CT molecular complexity index is 269. The van der Waals surface area contributed by atoms with Crippen LogP contribution in [0, 0.1) is 5.92 Å². The monoisotopic (exact) mass is 210 g/mol. The molecule has 1 aromatic heterocycles. The average Bonchev–Trinajstić information content (AvgIpc) is 2.63. The number of nitrogens with one attached hydrogen (secondary N) is 1. The summed E-state index contributed by atoms with van der Waals surface area (Å²) in [6.45, 7) is 6.48. The molecule has 0 aliphatic heterocycles. The first-order chi connectivity index (χ1) is 7.27. The second-order valence-electron chi connectivity index (χ2n) is 4.10. The van der Waals surface area contributed by atoms with E-state index in [9.17, 15) is 0 Å². The number of rotatable bonds is 7. The molecule has 4 nitrogen and oxygen atoms in total. The van der Waals surface area contributed by atoms with Crippen LogP contribution in [0.3, 0.4) is 0 Å². The van der Waals surface area contributed by atoms with Crippen LogP contribution in [0.15, 0.2) is 6.33 Å². The molecule has 0 aliphatic rings. The van der Waals surface area contributed by atoms with Gasteiger partial charge in [-0.3, -0.25) is 4.68 Å². The highest BCUT2D eigenvalue weighted by Gasteiger charge is 2.08. The first-order valence-corrected chi connectivity index (χ1v) is 5.79. The summed E-state index contributed by atoms with van der Waals surface area (Å²) in [7, 11) is 1.99. The molecule has 1 aromatic rings. The molecule has 1 heterocycles. The van der Waals surface area contributed by atoms with Crippen molar-refractivity contribution in [2.45, 2.75) is 39.7 Å². The predicted molar refractivity (Wildman–Crippen MR) is 61.7 cm³/mol. The van der Waals surface area contributed by atoms with Crippen LogP contribution < -0.4 is 5.32 Å². The fourth-order valence-electron chi connectivity index (χ4n) is 1.65. The molecule has 0 saturated carbocycles. The van der Waals surface area contributed by atoms with E-state index in [2.05, 4.69) is 29.2 Å². The third-order valence-corrected chi connectivity index (χ3v) is 2.55. The van der Waals surface area contributed by atoms with Gasteiger partial charge in [0, 0.05) is 13.0 Å². The molecular weight excluding hydrogens is 188 g/mol. The van der Waals surface area contributed by atoms with Gasteiger partial charge in [0.1, 0.15) is 12.2 Å². The van der Waals surface area contributed by atoms with Crippen LogP contribution in [0.2, 0.25) is 0 Å². The van der Waals surface area contributed by atoms with Gasteiger partial charge in [-0.15, -0.1) is 0 Å². The third kappa shape index (κ3) is 4.00. The molecule has 0 fully saturated rings. The van der Waals surface area contributed by atoms with Crippen molar-refractivity contribution in [3.05, 3.63) is 12.2 Å². The third-order valence-electron chi connectivity index (χ3n) is 2.55. The Labute approximate surface area is 92.1 Å². The molecule has 0 bridgehead atoms. The molecule has 1 atom stereocenters. The number of aromatic nitrogens is 3. The minimum atomic E-state index is 0.664. The van der Waals surface area contributed by atoms with E-state index in [0.717, 1.165) is 31.8 Å². The Hall–Kier alpha value is -0.900. The van der Waals surface area contributed by atoms with E-state index in [1.165, 1.54) is 6.42 Å². The quantitative estimate of drug-likeness (QED) is 0.741. The first kappa shape index (κ1) is 12.2. The van der Waals surface area contributed by atoms with Gasteiger partial charge in [0.25, 0.3) is 0 Å². The lowest BCUT2D eigenvalue weighted by Gasteiger charge is -2.11. The minimum absolute atomic E-state index is 0.664. The Morgan fingerprint density at radius 3 is 3.00 bits per heavy atom. The first-order valence-electron chi connectivity index (χ1n) is 5.79. The van der Waals surface area contributed by atoms with Crippen molar-refractivity contribution < 1.29 is 0 Å². The fraction of sp³-hybridized carbons (Fsp3) is 0.818. The van der Waals surface area contributed by atoms with E-state index in [0.29, 0.717) is 5.92 Å². The van der Waals surface area contributed by atoms with E-state index in [1.54, 1.807) is 6.33 Å². The molecule has 86 valence electrons. The molecule has 0 saturated heterocycles. The van der Waals surface area contributed by atoms with Crippen molar-refractivity contribution >= 4 is 0 Å². The van der Waals surface area contributed by atoms with Gasteiger partial charge in [0.2, 0.25) is 0 Å². The standard InChI is InChI=1S/C11H22N4/c1-4-7-15-11(13-9-14-15)8-10(2)5-6-12-3/h9-10,12H,4-8H2,1-3H3. The van der Waals surface area contributed by atoms with Gasteiger partial charge < -0.3 is 5.32 Å². The second-order valence-corrected chi connectivity index (χ2v) is 4.10. The second kappa shape index (κ2) is 6.56. The Morgan fingerprint density at radius 1 is 1.53 bits per heavy atom. The lowest BCUT2D eigenvalue weighted by molar-refractivity contribution is 0.474. The van der Waals surface area contributed by atoms with Crippen molar-refractivity contribution in [2.24, 2.45) is 5.92 Å². The molecule has 4 heteroatoms. The zero-order valence-electron chi connectivity index (χ0n) is 10.0. The smallest absolute Gasteiger partial charge is 0.138 e. The van der Waals surface area contributed by atoms with Gasteiger partial charge in [0.15, 0.2) is 0 Å². The largest absolute Gasteiger partial charge is 0.320 e. The van der Waals surface area contributed by atoms with Gasteiger partial charge >= 0.3 is 0 Å². The van der Waals surface area contributed by atoms with Crippen molar-refractivity contribution in [1.29, 1.82) is 0 Å². The van der Waals surface area contributed by atoms with Gasteiger partial charge in [-0.05, 0) is 32.4 Å². The van der Waals surface area contributed by atoms with Crippen molar-refractivity contribution in [2.75, 3.05) is 13.6 Å². The molecule has 0 aliphatic carbocycles. The van der Waals surface area contributed by atoms with Gasteiger partial charge in [-0.2, -0.15) is 5.10 Å². The summed E-state index contributed by atoms with van der Waals surface area (Å²) in [4.78, 5) is 4.31. The van der Waals surface area contributed by atoms with Crippen molar-refractivity contribution in [3.63, 3.8) is 0 Å². The van der Waals surface area contributed by atoms with E-state index < -0.39 is 0 Å². The lowest BCUT2D eigenvalue weighted by atomic mass is 10.0. The van der Waals surface area contributed by atoms with Crippen LogP contribution >= 0.6 is 0 Å². The number of hydrogen-bond donors (Lipinski definition) is 1. The van der Waals surface area contributed by atoms with Gasteiger partial charge in [0.05, 0.1) is 0 Å². The normalized spacial score (nSPS) is 13.0.